The molecule has 1 rings (SSSR count). The Bertz CT molecular complexity index is 396. The number of carbonyl (C=O) groups is 2. The highest BCUT2D eigenvalue weighted by Gasteiger charge is 2.15. The van der Waals surface area contributed by atoms with Crippen LogP contribution < -0.4 is 0 Å². The standard InChI is InChI=1S/C11H12O4/c1-7-4-3-5-8(11(14)15-2)9(7)6-10(12)13/h3-5H,6H2,1-2H3,(H,12,13). The summed E-state index contributed by atoms with van der Waals surface area (Å²) >= 11 is 0. The van der Waals surface area contributed by atoms with Crippen molar-refractivity contribution in [1.29, 1.82) is 0 Å². The molecule has 0 aliphatic carbocycles. The van der Waals surface area contributed by atoms with Gasteiger partial charge in [-0.05, 0) is 24.1 Å². The summed E-state index contributed by atoms with van der Waals surface area (Å²) in [4.78, 5) is 22.0. The lowest BCUT2D eigenvalue weighted by molar-refractivity contribution is -0.136. The Morgan fingerprint density at radius 2 is 2.07 bits per heavy atom. The number of methoxy groups -OCH3 is 1. The van der Waals surface area contributed by atoms with Gasteiger partial charge in [0.1, 0.15) is 0 Å². The third-order valence-corrected chi connectivity index (χ3v) is 2.14. The van der Waals surface area contributed by atoms with Crippen LogP contribution in [0.4, 0.5) is 0 Å². The van der Waals surface area contributed by atoms with Crippen molar-refractivity contribution in [1.82, 2.24) is 0 Å². The van der Waals surface area contributed by atoms with Crippen LogP contribution in [0.25, 0.3) is 0 Å². The minimum atomic E-state index is -0.963. The van der Waals surface area contributed by atoms with Gasteiger partial charge in [0.05, 0.1) is 19.1 Å². The zero-order valence-corrected chi connectivity index (χ0v) is 8.61. The summed E-state index contributed by atoms with van der Waals surface area (Å²) in [6, 6.07) is 5.04. The number of hydrogen-bond donors (Lipinski definition) is 1. The van der Waals surface area contributed by atoms with E-state index in [9.17, 15) is 9.59 Å². The van der Waals surface area contributed by atoms with Gasteiger partial charge < -0.3 is 9.84 Å². The number of aryl methyl sites for hydroxylation is 1. The molecule has 15 heavy (non-hydrogen) atoms. The molecule has 0 radical (unpaired) electrons. The Balaban J connectivity index is 3.19. The van der Waals surface area contributed by atoms with Crippen molar-refractivity contribution in [2.24, 2.45) is 0 Å². The number of benzene rings is 1. The fourth-order valence-electron chi connectivity index (χ4n) is 1.39. The minimum Gasteiger partial charge on any atom is -0.481 e. The zero-order chi connectivity index (χ0) is 11.4. The van der Waals surface area contributed by atoms with Crippen LogP contribution >= 0.6 is 0 Å². The maximum absolute atomic E-state index is 11.4. The number of hydrogen-bond acceptors (Lipinski definition) is 3. The van der Waals surface area contributed by atoms with Gasteiger partial charge in [-0.25, -0.2) is 4.79 Å². The molecule has 0 aliphatic rings. The quantitative estimate of drug-likeness (QED) is 0.763. The van der Waals surface area contributed by atoms with Crippen LogP contribution in [-0.4, -0.2) is 24.2 Å². The molecule has 0 aromatic heterocycles. The third kappa shape index (κ3) is 2.56. The first-order valence-corrected chi connectivity index (χ1v) is 4.45. The molecule has 1 aromatic rings. The minimum absolute atomic E-state index is 0.170. The van der Waals surface area contributed by atoms with E-state index in [1.54, 1.807) is 25.1 Å². The molecular formula is C11H12O4. The van der Waals surface area contributed by atoms with Gasteiger partial charge in [0.25, 0.3) is 0 Å². The van der Waals surface area contributed by atoms with Crippen molar-refractivity contribution >= 4 is 11.9 Å². The SMILES string of the molecule is COC(=O)c1cccc(C)c1CC(=O)O. The second kappa shape index (κ2) is 4.59. The summed E-state index contributed by atoms with van der Waals surface area (Å²) < 4.78 is 4.58. The summed E-state index contributed by atoms with van der Waals surface area (Å²) in [7, 11) is 1.27. The van der Waals surface area contributed by atoms with E-state index < -0.39 is 11.9 Å². The van der Waals surface area contributed by atoms with Gasteiger partial charge in [-0.2, -0.15) is 0 Å². The van der Waals surface area contributed by atoms with Crippen LogP contribution in [0.15, 0.2) is 18.2 Å². The van der Waals surface area contributed by atoms with Crippen molar-refractivity contribution in [2.75, 3.05) is 7.11 Å². The molecule has 0 saturated heterocycles. The van der Waals surface area contributed by atoms with Crippen LogP contribution in [-0.2, 0) is 16.0 Å². The highest BCUT2D eigenvalue weighted by atomic mass is 16.5. The molecule has 0 bridgehead atoms. The summed E-state index contributed by atoms with van der Waals surface area (Å²) in [5, 5.41) is 8.72. The molecule has 1 aromatic carbocycles. The molecule has 0 heterocycles. The van der Waals surface area contributed by atoms with E-state index in [1.807, 2.05) is 0 Å². The Hall–Kier alpha value is -1.84. The van der Waals surface area contributed by atoms with Gasteiger partial charge >= 0.3 is 11.9 Å². The van der Waals surface area contributed by atoms with Gasteiger partial charge in [0.2, 0.25) is 0 Å². The molecule has 0 amide bonds. The van der Waals surface area contributed by atoms with E-state index in [1.165, 1.54) is 7.11 Å². The van der Waals surface area contributed by atoms with E-state index in [2.05, 4.69) is 4.74 Å². The molecule has 0 saturated carbocycles. The van der Waals surface area contributed by atoms with Crippen molar-refractivity contribution in [3.05, 3.63) is 34.9 Å². The topological polar surface area (TPSA) is 63.6 Å². The van der Waals surface area contributed by atoms with E-state index in [0.29, 0.717) is 11.1 Å². The molecule has 0 aliphatic heterocycles. The molecular weight excluding hydrogens is 196 g/mol. The molecule has 1 N–H and O–H groups in total. The first-order valence-electron chi connectivity index (χ1n) is 4.45. The molecule has 0 spiro atoms. The number of carboxylic acids is 1. The molecule has 80 valence electrons. The Labute approximate surface area is 87.5 Å². The monoisotopic (exact) mass is 208 g/mol. The molecule has 0 fully saturated rings. The lowest BCUT2D eigenvalue weighted by Gasteiger charge is -2.08. The van der Waals surface area contributed by atoms with Crippen molar-refractivity contribution in [3.8, 4) is 0 Å². The number of esters is 1. The van der Waals surface area contributed by atoms with Gasteiger partial charge in [0, 0.05) is 0 Å². The third-order valence-electron chi connectivity index (χ3n) is 2.14. The molecule has 4 heteroatoms. The second-order valence-corrected chi connectivity index (χ2v) is 3.16. The van der Waals surface area contributed by atoms with E-state index >= 15 is 0 Å². The smallest absolute Gasteiger partial charge is 0.338 e. The summed E-state index contributed by atoms with van der Waals surface area (Å²) in [5.74, 6) is -1.47. The normalized spacial score (nSPS) is 9.73. The van der Waals surface area contributed by atoms with Crippen LogP contribution in [0.2, 0.25) is 0 Å². The van der Waals surface area contributed by atoms with Crippen molar-refractivity contribution in [2.45, 2.75) is 13.3 Å². The molecule has 4 nitrogen and oxygen atoms in total. The van der Waals surface area contributed by atoms with Gasteiger partial charge in [0.15, 0.2) is 0 Å². The average Bonchev–Trinajstić information content (AvgIpc) is 2.19. The van der Waals surface area contributed by atoms with Crippen molar-refractivity contribution < 1.29 is 19.4 Å². The number of ether oxygens (including phenoxy) is 1. The molecule has 0 atom stereocenters. The number of aliphatic carboxylic acids is 1. The predicted molar refractivity (Wildman–Crippen MR) is 53.9 cm³/mol. The van der Waals surface area contributed by atoms with E-state index in [0.717, 1.165) is 5.56 Å². The lowest BCUT2D eigenvalue weighted by Crippen LogP contribution is -2.11. The van der Waals surface area contributed by atoms with Crippen LogP contribution in [0.1, 0.15) is 21.5 Å². The largest absolute Gasteiger partial charge is 0.481 e. The lowest BCUT2D eigenvalue weighted by atomic mass is 9.99. The van der Waals surface area contributed by atoms with Crippen LogP contribution in [0, 0.1) is 6.92 Å². The first-order chi connectivity index (χ1) is 7.06. The first kappa shape index (κ1) is 11.2. The van der Waals surface area contributed by atoms with E-state index in [4.69, 9.17) is 5.11 Å². The highest BCUT2D eigenvalue weighted by Crippen LogP contribution is 2.16. The van der Waals surface area contributed by atoms with Crippen LogP contribution in [0.3, 0.4) is 0 Å². The van der Waals surface area contributed by atoms with Gasteiger partial charge in [-0.3, -0.25) is 4.79 Å². The fraction of sp³-hybridized carbons (Fsp3) is 0.273. The number of carboxylic acid groups (broad SMARTS) is 1. The second-order valence-electron chi connectivity index (χ2n) is 3.16. The predicted octanol–water partition coefficient (Wildman–Crippen LogP) is 1.41. The number of carbonyl (C=O) groups excluding carboxylic acids is 1. The fourth-order valence-corrected chi connectivity index (χ4v) is 1.39. The van der Waals surface area contributed by atoms with Crippen molar-refractivity contribution in [3.63, 3.8) is 0 Å². The number of rotatable bonds is 3. The Morgan fingerprint density at radius 1 is 1.40 bits per heavy atom. The van der Waals surface area contributed by atoms with E-state index in [-0.39, 0.29) is 6.42 Å². The van der Waals surface area contributed by atoms with Gasteiger partial charge in [-0.15, -0.1) is 0 Å². The highest BCUT2D eigenvalue weighted by molar-refractivity contribution is 5.92. The molecule has 0 unspecified atom stereocenters. The summed E-state index contributed by atoms with van der Waals surface area (Å²) in [6.07, 6.45) is -0.170. The maximum Gasteiger partial charge on any atom is 0.338 e. The summed E-state index contributed by atoms with van der Waals surface area (Å²) in [5.41, 5.74) is 1.61. The zero-order valence-electron chi connectivity index (χ0n) is 8.61. The Kier molecular flexibility index (Phi) is 3.44. The summed E-state index contributed by atoms with van der Waals surface area (Å²) in [6.45, 7) is 1.77. The van der Waals surface area contributed by atoms with Gasteiger partial charge in [-0.1, -0.05) is 12.1 Å². The Morgan fingerprint density at radius 3 is 2.60 bits per heavy atom. The average molecular weight is 208 g/mol. The van der Waals surface area contributed by atoms with Crippen LogP contribution in [0.5, 0.6) is 0 Å². The maximum atomic E-state index is 11.4.